The highest BCUT2D eigenvalue weighted by molar-refractivity contribution is 8.03. The number of nitrogens with zero attached hydrogens (tertiary/aromatic N) is 1. The van der Waals surface area contributed by atoms with E-state index in [0.29, 0.717) is 16.4 Å². The van der Waals surface area contributed by atoms with Gasteiger partial charge in [0.2, 0.25) is 0 Å². The first-order valence-corrected chi connectivity index (χ1v) is 7.03. The molecule has 0 aliphatic carbocycles. The molecule has 0 saturated carbocycles. The Morgan fingerprint density at radius 3 is 2.75 bits per heavy atom. The molecule has 0 aromatic heterocycles. The summed E-state index contributed by atoms with van der Waals surface area (Å²) in [7, 11) is 1.30. The number of methoxy groups -OCH3 is 1. The summed E-state index contributed by atoms with van der Waals surface area (Å²) in [5, 5.41) is 9.75. The van der Waals surface area contributed by atoms with Crippen LogP contribution in [0.25, 0.3) is 0 Å². The lowest BCUT2D eigenvalue weighted by Crippen LogP contribution is -2.09. The molecule has 1 aromatic carbocycles. The van der Waals surface area contributed by atoms with Gasteiger partial charge in [-0.3, -0.25) is 0 Å². The van der Waals surface area contributed by atoms with Crippen LogP contribution in [0.15, 0.2) is 52.6 Å². The summed E-state index contributed by atoms with van der Waals surface area (Å²) in [5.74, 6) is 0.0267. The number of esters is 1. The molecular weight excluding hydrogens is 272 g/mol. The first-order chi connectivity index (χ1) is 9.67. The predicted molar refractivity (Wildman–Crippen MR) is 78.6 cm³/mol. The fourth-order valence-corrected chi connectivity index (χ4v) is 3.02. The molecule has 0 radical (unpaired) electrons. The Kier molecular flexibility index (Phi) is 4.49. The highest BCUT2D eigenvalue weighted by atomic mass is 32.2. The Morgan fingerprint density at radius 1 is 1.45 bits per heavy atom. The van der Waals surface area contributed by atoms with Gasteiger partial charge < -0.3 is 10.5 Å². The van der Waals surface area contributed by atoms with E-state index in [1.165, 1.54) is 18.9 Å². The van der Waals surface area contributed by atoms with E-state index in [0.717, 1.165) is 5.56 Å². The summed E-state index contributed by atoms with van der Waals surface area (Å²) in [6, 6.07) is 11.9. The second-order valence-corrected chi connectivity index (χ2v) is 5.32. The number of nitrogens with two attached hydrogens (primary N) is 1. The number of nitriles is 1. The third-order valence-corrected chi connectivity index (χ3v) is 4.11. The molecule has 2 rings (SSSR count). The molecule has 2 N–H and O–H groups in total. The van der Waals surface area contributed by atoms with Gasteiger partial charge in [-0.05, 0) is 11.6 Å². The molecule has 1 heterocycles. The molecular formula is C15H14N2O2S. The third-order valence-electron chi connectivity index (χ3n) is 3.08. The molecule has 0 saturated heterocycles. The molecule has 1 aliphatic rings. The van der Waals surface area contributed by atoms with E-state index in [9.17, 15) is 10.1 Å². The number of benzene rings is 1. The van der Waals surface area contributed by atoms with Crippen molar-refractivity contribution in [1.82, 2.24) is 0 Å². The Balaban J connectivity index is 2.43. The minimum atomic E-state index is -0.517. The average Bonchev–Trinajstić information content (AvgIpc) is 2.66. The van der Waals surface area contributed by atoms with Gasteiger partial charge in [-0.25, -0.2) is 4.79 Å². The molecule has 0 amide bonds. The maximum Gasteiger partial charge on any atom is 0.340 e. The SMILES string of the molecule is COC(=O)C1=C(N)SC[C@@H](c2ccccc2)C(C#N)=C1. The van der Waals surface area contributed by atoms with Crippen LogP contribution in [0.3, 0.4) is 0 Å². The maximum atomic E-state index is 11.7. The Bertz CT molecular complexity index is 615. The van der Waals surface area contributed by atoms with Gasteiger partial charge in [0.05, 0.1) is 23.8 Å². The molecule has 0 unspecified atom stereocenters. The first-order valence-electron chi connectivity index (χ1n) is 6.05. The molecule has 0 fully saturated rings. The zero-order valence-corrected chi connectivity index (χ0v) is 11.8. The molecule has 20 heavy (non-hydrogen) atoms. The summed E-state index contributed by atoms with van der Waals surface area (Å²) >= 11 is 1.37. The fraction of sp³-hybridized carbons (Fsp3) is 0.200. The zero-order chi connectivity index (χ0) is 14.5. The van der Waals surface area contributed by atoms with Crippen molar-refractivity contribution in [2.75, 3.05) is 12.9 Å². The normalized spacial score (nSPS) is 18.8. The quantitative estimate of drug-likeness (QED) is 0.844. The van der Waals surface area contributed by atoms with Crippen LogP contribution in [0.1, 0.15) is 11.5 Å². The van der Waals surface area contributed by atoms with Crippen molar-refractivity contribution < 1.29 is 9.53 Å². The molecule has 1 aliphatic heterocycles. The van der Waals surface area contributed by atoms with E-state index in [-0.39, 0.29) is 11.5 Å². The monoisotopic (exact) mass is 286 g/mol. The van der Waals surface area contributed by atoms with E-state index < -0.39 is 5.97 Å². The zero-order valence-electron chi connectivity index (χ0n) is 11.0. The topological polar surface area (TPSA) is 76.1 Å². The summed E-state index contributed by atoms with van der Waals surface area (Å²) < 4.78 is 4.71. The molecule has 102 valence electrons. The summed E-state index contributed by atoms with van der Waals surface area (Å²) in [6.07, 6.45) is 1.54. The number of thioether (sulfide) groups is 1. The minimum Gasteiger partial charge on any atom is -0.465 e. The molecule has 4 nitrogen and oxygen atoms in total. The molecule has 0 spiro atoms. The molecule has 1 aromatic rings. The Morgan fingerprint density at radius 2 is 2.15 bits per heavy atom. The summed E-state index contributed by atoms with van der Waals surface area (Å²) in [6.45, 7) is 0. The van der Waals surface area contributed by atoms with Crippen molar-refractivity contribution in [1.29, 1.82) is 5.26 Å². The lowest BCUT2D eigenvalue weighted by atomic mass is 9.92. The lowest BCUT2D eigenvalue weighted by Gasteiger charge is -2.14. The summed E-state index contributed by atoms with van der Waals surface area (Å²) in [4.78, 5) is 11.7. The van der Waals surface area contributed by atoms with Crippen molar-refractivity contribution in [2.45, 2.75) is 5.92 Å². The number of carbonyl (C=O) groups is 1. The van der Waals surface area contributed by atoms with Crippen molar-refractivity contribution >= 4 is 17.7 Å². The van der Waals surface area contributed by atoms with E-state index in [1.807, 2.05) is 30.3 Å². The number of allylic oxidation sites excluding steroid dienone is 1. The van der Waals surface area contributed by atoms with Gasteiger partial charge in [-0.15, -0.1) is 11.8 Å². The van der Waals surface area contributed by atoms with Crippen LogP contribution < -0.4 is 5.73 Å². The largest absolute Gasteiger partial charge is 0.465 e. The van der Waals surface area contributed by atoms with Gasteiger partial charge in [0.25, 0.3) is 0 Å². The predicted octanol–water partition coefficient (Wildman–Crippen LogP) is 2.31. The first kappa shape index (κ1) is 14.2. The van der Waals surface area contributed by atoms with E-state index in [4.69, 9.17) is 10.5 Å². The van der Waals surface area contributed by atoms with Gasteiger partial charge in [-0.2, -0.15) is 5.26 Å². The van der Waals surface area contributed by atoms with Crippen molar-refractivity contribution in [2.24, 2.45) is 5.73 Å². The third kappa shape index (κ3) is 2.86. The van der Waals surface area contributed by atoms with Crippen LogP contribution in [0, 0.1) is 11.3 Å². The van der Waals surface area contributed by atoms with Crippen molar-refractivity contribution in [3.05, 3.63) is 58.1 Å². The van der Waals surface area contributed by atoms with Gasteiger partial charge in [0, 0.05) is 17.2 Å². The second-order valence-electron chi connectivity index (χ2n) is 4.26. The van der Waals surface area contributed by atoms with Crippen LogP contribution >= 0.6 is 11.8 Å². The highest BCUT2D eigenvalue weighted by Crippen LogP contribution is 2.34. The van der Waals surface area contributed by atoms with Crippen molar-refractivity contribution in [3.8, 4) is 6.07 Å². The average molecular weight is 286 g/mol. The smallest absolute Gasteiger partial charge is 0.340 e. The minimum absolute atomic E-state index is 0.0769. The van der Waals surface area contributed by atoms with Crippen LogP contribution in [-0.4, -0.2) is 18.8 Å². The molecule has 0 bridgehead atoms. The molecule has 5 heteroatoms. The highest BCUT2D eigenvalue weighted by Gasteiger charge is 2.24. The Labute approximate surface area is 121 Å². The second kappa shape index (κ2) is 6.31. The fourth-order valence-electron chi connectivity index (χ4n) is 2.01. The van der Waals surface area contributed by atoms with Gasteiger partial charge in [-0.1, -0.05) is 30.3 Å². The van der Waals surface area contributed by atoms with Gasteiger partial charge in [0.15, 0.2) is 0 Å². The standard InChI is InChI=1S/C15H14N2O2S/c1-19-15(18)12-7-11(8-16)13(9-20-14(12)17)10-5-3-2-4-6-10/h2-7,13H,9,17H2,1H3/t13-/m0/s1. The van der Waals surface area contributed by atoms with E-state index >= 15 is 0 Å². The van der Waals surface area contributed by atoms with Crippen molar-refractivity contribution in [3.63, 3.8) is 0 Å². The van der Waals surface area contributed by atoms with Gasteiger partial charge in [0.1, 0.15) is 0 Å². The number of carbonyl (C=O) groups excluding carboxylic acids is 1. The van der Waals surface area contributed by atoms with Crippen LogP contribution in [0.2, 0.25) is 0 Å². The summed E-state index contributed by atoms with van der Waals surface area (Å²) in [5.41, 5.74) is 7.71. The van der Waals surface area contributed by atoms with Crippen LogP contribution in [0.4, 0.5) is 0 Å². The maximum absolute atomic E-state index is 11.7. The number of hydrogen-bond donors (Lipinski definition) is 1. The van der Waals surface area contributed by atoms with E-state index in [2.05, 4.69) is 6.07 Å². The van der Waals surface area contributed by atoms with Gasteiger partial charge >= 0.3 is 5.97 Å². The Hall–Kier alpha value is -2.19. The van der Waals surface area contributed by atoms with Crippen LogP contribution in [0.5, 0.6) is 0 Å². The van der Waals surface area contributed by atoms with E-state index in [1.54, 1.807) is 6.08 Å². The molecule has 1 atom stereocenters. The number of ether oxygens (including phenoxy) is 1. The lowest BCUT2D eigenvalue weighted by molar-refractivity contribution is -0.135. The number of hydrogen-bond acceptors (Lipinski definition) is 5. The number of rotatable bonds is 2. The van der Waals surface area contributed by atoms with Crippen LogP contribution in [-0.2, 0) is 9.53 Å².